The highest BCUT2D eigenvalue weighted by molar-refractivity contribution is 5.99. The van der Waals surface area contributed by atoms with E-state index < -0.39 is 11.0 Å². The summed E-state index contributed by atoms with van der Waals surface area (Å²) in [5.41, 5.74) is 2.16. The van der Waals surface area contributed by atoms with E-state index in [9.17, 15) is 9.59 Å². The van der Waals surface area contributed by atoms with Gasteiger partial charge in [0, 0.05) is 25.5 Å². The summed E-state index contributed by atoms with van der Waals surface area (Å²) in [5, 5.41) is 0. The van der Waals surface area contributed by atoms with E-state index in [0.29, 0.717) is 24.8 Å². The second-order valence-corrected chi connectivity index (χ2v) is 11.9. The van der Waals surface area contributed by atoms with Crippen molar-refractivity contribution in [2.75, 3.05) is 20.4 Å². The number of carbonyl (C=O) groups is 2. The lowest BCUT2D eigenvalue weighted by molar-refractivity contribution is -0.141. The second-order valence-electron chi connectivity index (χ2n) is 11.9. The van der Waals surface area contributed by atoms with Crippen molar-refractivity contribution in [1.29, 1.82) is 0 Å². The molecule has 6 atom stereocenters. The number of amides is 1. The summed E-state index contributed by atoms with van der Waals surface area (Å²) < 4.78 is 17.0. The van der Waals surface area contributed by atoms with Gasteiger partial charge in [-0.15, -0.1) is 0 Å². The molecule has 6 nitrogen and oxygen atoms in total. The number of hydrogen-bond acceptors (Lipinski definition) is 5. The lowest BCUT2D eigenvalue weighted by Gasteiger charge is -2.48. The smallest absolute Gasteiger partial charge is 0.411 e. The van der Waals surface area contributed by atoms with E-state index in [1.54, 1.807) is 7.11 Å². The number of ketones is 1. The Hall–Kier alpha value is -2.86. The zero-order valence-electron chi connectivity index (χ0n) is 22.8. The third-order valence-electron chi connectivity index (χ3n) is 9.98. The molecule has 3 aliphatic carbocycles. The van der Waals surface area contributed by atoms with Gasteiger partial charge in [0.05, 0.1) is 0 Å². The van der Waals surface area contributed by atoms with Gasteiger partial charge in [0.25, 0.3) is 0 Å². The number of ether oxygens (including phenoxy) is 3. The van der Waals surface area contributed by atoms with Crippen LogP contribution in [0.5, 0.6) is 5.75 Å². The number of aryl methyl sites for hydroxylation is 1. The molecule has 6 rings (SSSR count). The molecule has 0 aromatic heterocycles. The van der Waals surface area contributed by atoms with Crippen molar-refractivity contribution in [3.63, 3.8) is 0 Å². The number of fused-ring (bicyclic) bond motifs is 5. The molecule has 202 valence electrons. The average molecular weight is 518 g/mol. The van der Waals surface area contributed by atoms with E-state index in [4.69, 9.17) is 14.2 Å². The summed E-state index contributed by atoms with van der Waals surface area (Å²) in [6.07, 6.45) is 5.97. The van der Waals surface area contributed by atoms with Crippen LogP contribution in [0, 0.1) is 17.3 Å². The van der Waals surface area contributed by atoms with Crippen LogP contribution >= 0.6 is 0 Å². The molecule has 2 aromatic carbocycles. The Morgan fingerprint density at radius 3 is 2.68 bits per heavy atom. The average Bonchev–Trinajstić information content (AvgIpc) is 3.35. The van der Waals surface area contributed by atoms with E-state index >= 15 is 0 Å². The van der Waals surface area contributed by atoms with Crippen LogP contribution in [0.4, 0.5) is 4.79 Å². The number of rotatable bonds is 7. The van der Waals surface area contributed by atoms with E-state index in [-0.39, 0.29) is 30.6 Å². The van der Waals surface area contributed by atoms with Gasteiger partial charge in [-0.25, -0.2) is 4.79 Å². The number of methoxy groups -OCH3 is 1. The summed E-state index contributed by atoms with van der Waals surface area (Å²) in [6, 6.07) is 16.1. The maximum absolute atomic E-state index is 14.6. The highest BCUT2D eigenvalue weighted by Gasteiger charge is 2.71. The van der Waals surface area contributed by atoms with Crippen molar-refractivity contribution in [3.8, 4) is 5.75 Å². The molecular weight excluding hydrogens is 478 g/mol. The largest absolute Gasteiger partial charge is 0.468 e. The highest BCUT2D eigenvalue weighted by Crippen LogP contribution is 2.65. The molecule has 0 unspecified atom stereocenters. The predicted molar refractivity (Wildman–Crippen MR) is 144 cm³/mol. The number of nitrogens with zero attached hydrogens (tertiary/aromatic N) is 1. The van der Waals surface area contributed by atoms with Gasteiger partial charge in [0.15, 0.2) is 18.2 Å². The van der Waals surface area contributed by atoms with Gasteiger partial charge >= 0.3 is 6.09 Å². The summed E-state index contributed by atoms with van der Waals surface area (Å²) >= 11 is 0. The van der Waals surface area contributed by atoms with Gasteiger partial charge in [-0.1, -0.05) is 56.7 Å². The van der Waals surface area contributed by atoms with Crippen LogP contribution in [-0.4, -0.2) is 42.8 Å². The first-order chi connectivity index (χ1) is 18.4. The molecule has 3 fully saturated rings. The fourth-order valence-electron chi connectivity index (χ4n) is 8.24. The molecule has 0 radical (unpaired) electrons. The molecule has 2 aromatic rings. The molecule has 0 N–H and O–H groups in total. The van der Waals surface area contributed by atoms with E-state index in [1.165, 1.54) is 11.1 Å². The summed E-state index contributed by atoms with van der Waals surface area (Å²) in [6.45, 7) is 5.13. The third kappa shape index (κ3) is 3.78. The summed E-state index contributed by atoms with van der Waals surface area (Å²) in [5.74, 6) is 1.99. The van der Waals surface area contributed by atoms with Crippen molar-refractivity contribution < 1.29 is 23.8 Å². The number of unbranched alkanes of at least 4 members (excludes halogenated alkanes) is 1. The van der Waals surface area contributed by atoms with Crippen LogP contribution in [0.3, 0.4) is 0 Å². The molecule has 38 heavy (non-hydrogen) atoms. The van der Waals surface area contributed by atoms with Gasteiger partial charge in [-0.05, 0) is 78.7 Å². The molecule has 1 spiro atoms. The van der Waals surface area contributed by atoms with Gasteiger partial charge in [-0.2, -0.15) is 0 Å². The Labute approximate surface area is 225 Å². The van der Waals surface area contributed by atoms with Crippen LogP contribution in [-0.2, 0) is 20.7 Å². The SMILES string of the molecule is CCCCN1C(=O)O[C@@]2(C[C@H]3[C@@H]4CCc5cc(OCOC)ccc5[C@H]4CC[C@]3(C)C2=O)[C@@H]1c1ccccc1. The molecule has 1 amide bonds. The normalized spacial score (nSPS) is 33.6. The van der Waals surface area contributed by atoms with Crippen molar-refractivity contribution in [1.82, 2.24) is 4.90 Å². The summed E-state index contributed by atoms with van der Waals surface area (Å²) in [4.78, 5) is 29.8. The van der Waals surface area contributed by atoms with Crippen LogP contribution < -0.4 is 4.74 Å². The van der Waals surface area contributed by atoms with Crippen molar-refractivity contribution >= 4 is 11.9 Å². The Morgan fingerprint density at radius 1 is 1.11 bits per heavy atom. The lowest BCUT2D eigenvalue weighted by atomic mass is 9.55. The minimum Gasteiger partial charge on any atom is -0.468 e. The number of Topliss-reactive ketones (excluding diaryl/α,β-unsaturated/α-hetero) is 1. The first kappa shape index (κ1) is 25.4. The minimum absolute atomic E-state index is 0.142. The second kappa shape index (κ2) is 9.71. The van der Waals surface area contributed by atoms with Crippen LogP contribution in [0.1, 0.15) is 81.0 Å². The standard InChI is InChI=1S/C32H39NO5/c1-4-5-17-33-28(21-9-7-6-8-10-21)32(38-30(33)35)19-27-26-13-11-22-18-23(37-20-36-3)12-14-24(22)25(26)15-16-31(27,2)29(32)34/h6-10,12,14,18,25-28H,4-5,11,13,15-17,19-20H2,1-3H3/t25-,26-,27+,28+,31+,32+/m1/s1. The van der Waals surface area contributed by atoms with Gasteiger partial charge in [0.1, 0.15) is 11.8 Å². The van der Waals surface area contributed by atoms with Crippen molar-refractivity contribution in [3.05, 3.63) is 65.2 Å². The lowest BCUT2D eigenvalue weighted by Crippen LogP contribution is -2.47. The Kier molecular flexibility index (Phi) is 6.50. The number of benzene rings is 2. The van der Waals surface area contributed by atoms with Crippen molar-refractivity contribution in [2.45, 2.75) is 76.4 Å². The Balaban J connectivity index is 1.35. The van der Waals surface area contributed by atoms with Gasteiger partial charge in [0.2, 0.25) is 0 Å². The topological polar surface area (TPSA) is 65.1 Å². The van der Waals surface area contributed by atoms with Gasteiger partial charge < -0.3 is 14.2 Å². The van der Waals surface area contributed by atoms with E-state index in [0.717, 1.165) is 49.8 Å². The third-order valence-corrected chi connectivity index (χ3v) is 9.98. The van der Waals surface area contributed by atoms with E-state index in [2.05, 4.69) is 26.0 Å². The molecule has 2 saturated carbocycles. The molecule has 4 aliphatic rings. The monoisotopic (exact) mass is 517 g/mol. The van der Waals surface area contributed by atoms with Gasteiger partial charge in [-0.3, -0.25) is 9.69 Å². The van der Waals surface area contributed by atoms with Crippen LogP contribution in [0.15, 0.2) is 48.5 Å². The molecule has 1 aliphatic heterocycles. The predicted octanol–water partition coefficient (Wildman–Crippen LogP) is 6.44. The minimum atomic E-state index is -1.11. The fourth-order valence-corrected chi connectivity index (χ4v) is 8.24. The highest BCUT2D eigenvalue weighted by atomic mass is 16.7. The molecular formula is C32H39NO5. The summed E-state index contributed by atoms with van der Waals surface area (Å²) in [7, 11) is 1.63. The zero-order chi connectivity index (χ0) is 26.5. The zero-order valence-corrected chi connectivity index (χ0v) is 22.8. The molecule has 0 bridgehead atoms. The molecule has 6 heteroatoms. The number of hydrogen-bond donors (Lipinski definition) is 0. The maximum Gasteiger partial charge on any atom is 0.411 e. The first-order valence-electron chi connectivity index (χ1n) is 14.3. The van der Waals surface area contributed by atoms with Crippen molar-refractivity contribution in [2.24, 2.45) is 17.3 Å². The molecule has 1 heterocycles. The fraction of sp³-hybridized carbons (Fsp3) is 0.562. The quantitative estimate of drug-likeness (QED) is 0.396. The van der Waals surface area contributed by atoms with Crippen LogP contribution in [0.2, 0.25) is 0 Å². The molecule has 1 saturated heterocycles. The number of carbonyl (C=O) groups excluding carboxylic acids is 2. The first-order valence-corrected chi connectivity index (χ1v) is 14.3. The Morgan fingerprint density at radius 2 is 1.92 bits per heavy atom. The Bertz CT molecular complexity index is 1210. The van der Waals surface area contributed by atoms with Crippen LogP contribution in [0.25, 0.3) is 0 Å². The maximum atomic E-state index is 14.6. The van der Waals surface area contributed by atoms with E-state index in [1.807, 2.05) is 41.3 Å².